The standard InChI is InChI=1S/C58H109NO5/c1-4-7-10-13-16-19-22-25-27-29-30-32-34-37-40-43-46-49-54(64-58(63)51-48-45-42-39-36-33-31-28-26-23-20-17-14-11-8-5-2)52-57(62)59-55(53-60)56(61)50-47-44-41-38-35-24-21-18-15-12-9-6-3/h16,19,25,27-28,31,54-56,60-61H,4-15,17-18,20-24,26,29-30,32-53H2,1-3H3,(H,59,62)/b19-16-,27-25-,31-28+. The van der Waals surface area contributed by atoms with Gasteiger partial charge >= 0.3 is 5.97 Å². The number of allylic oxidation sites excluding steroid dienone is 6. The molecule has 3 atom stereocenters. The molecule has 0 bridgehead atoms. The molecule has 0 saturated carbocycles. The number of amides is 1. The number of ether oxygens (including phenoxy) is 1. The first-order chi connectivity index (χ1) is 31.5. The van der Waals surface area contributed by atoms with Gasteiger partial charge in [0.05, 0.1) is 25.2 Å². The van der Waals surface area contributed by atoms with Gasteiger partial charge in [-0.15, -0.1) is 0 Å². The lowest BCUT2D eigenvalue weighted by Crippen LogP contribution is -2.46. The predicted molar refractivity (Wildman–Crippen MR) is 278 cm³/mol. The molecular formula is C58H109NO5. The van der Waals surface area contributed by atoms with Crippen LogP contribution in [0.4, 0.5) is 0 Å². The molecule has 0 aromatic rings. The Morgan fingerprint density at radius 1 is 0.453 bits per heavy atom. The van der Waals surface area contributed by atoms with Gasteiger partial charge in [-0.05, 0) is 83.5 Å². The smallest absolute Gasteiger partial charge is 0.306 e. The molecule has 0 spiro atoms. The number of nitrogens with one attached hydrogen (secondary N) is 1. The van der Waals surface area contributed by atoms with E-state index in [4.69, 9.17) is 4.74 Å². The van der Waals surface area contributed by atoms with Crippen molar-refractivity contribution in [3.63, 3.8) is 0 Å². The van der Waals surface area contributed by atoms with E-state index in [1.54, 1.807) is 0 Å². The minimum absolute atomic E-state index is 0.0716. The van der Waals surface area contributed by atoms with Crippen molar-refractivity contribution in [3.8, 4) is 0 Å². The van der Waals surface area contributed by atoms with Gasteiger partial charge in [-0.3, -0.25) is 9.59 Å². The number of unbranched alkanes of at least 4 members (excludes halogenated alkanes) is 33. The lowest BCUT2D eigenvalue weighted by Gasteiger charge is -2.24. The van der Waals surface area contributed by atoms with Gasteiger partial charge in [0, 0.05) is 6.42 Å². The summed E-state index contributed by atoms with van der Waals surface area (Å²) in [5.41, 5.74) is 0. The minimum Gasteiger partial charge on any atom is -0.462 e. The number of rotatable bonds is 51. The molecule has 376 valence electrons. The maximum Gasteiger partial charge on any atom is 0.306 e. The highest BCUT2D eigenvalue weighted by Crippen LogP contribution is 2.18. The molecule has 0 aromatic heterocycles. The highest BCUT2D eigenvalue weighted by Gasteiger charge is 2.24. The van der Waals surface area contributed by atoms with E-state index in [1.807, 2.05) is 0 Å². The average molecular weight is 901 g/mol. The van der Waals surface area contributed by atoms with Gasteiger partial charge in [0.2, 0.25) is 5.91 Å². The monoisotopic (exact) mass is 900 g/mol. The Kier molecular flexibility index (Phi) is 50.5. The summed E-state index contributed by atoms with van der Waals surface area (Å²) in [5.74, 6) is -0.479. The van der Waals surface area contributed by atoms with Crippen LogP contribution < -0.4 is 5.32 Å². The summed E-state index contributed by atoms with van der Waals surface area (Å²) in [4.78, 5) is 26.2. The molecule has 3 unspecified atom stereocenters. The number of aliphatic hydroxyl groups is 2. The highest BCUT2D eigenvalue weighted by molar-refractivity contribution is 5.77. The maximum absolute atomic E-state index is 13.2. The number of aliphatic hydroxyl groups excluding tert-OH is 2. The van der Waals surface area contributed by atoms with E-state index in [-0.39, 0.29) is 24.9 Å². The van der Waals surface area contributed by atoms with E-state index < -0.39 is 18.2 Å². The zero-order valence-electron chi connectivity index (χ0n) is 42.9. The Bertz CT molecular complexity index is 1060. The second-order valence-corrected chi connectivity index (χ2v) is 19.3. The summed E-state index contributed by atoms with van der Waals surface area (Å²) in [7, 11) is 0. The van der Waals surface area contributed by atoms with Crippen LogP contribution in [0, 0.1) is 0 Å². The second-order valence-electron chi connectivity index (χ2n) is 19.3. The Balaban J connectivity index is 4.58. The fraction of sp³-hybridized carbons (Fsp3) is 0.862. The van der Waals surface area contributed by atoms with E-state index in [0.29, 0.717) is 19.3 Å². The van der Waals surface area contributed by atoms with Gasteiger partial charge in [0.25, 0.3) is 0 Å². The van der Waals surface area contributed by atoms with Crippen molar-refractivity contribution >= 4 is 11.9 Å². The van der Waals surface area contributed by atoms with Crippen LogP contribution >= 0.6 is 0 Å². The number of hydrogen-bond donors (Lipinski definition) is 3. The third-order valence-corrected chi connectivity index (χ3v) is 12.9. The number of esters is 1. The van der Waals surface area contributed by atoms with E-state index in [2.05, 4.69) is 62.5 Å². The van der Waals surface area contributed by atoms with Crippen molar-refractivity contribution in [2.24, 2.45) is 0 Å². The summed E-state index contributed by atoms with van der Waals surface area (Å²) >= 11 is 0. The molecular weight excluding hydrogens is 791 g/mol. The van der Waals surface area contributed by atoms with Gasteiger partial charge < -0.3 is 20.3 Å². The zero-order chi connectivity index (χ0) is 46.7. The van der Waals surface area contributed by atoms with Crippen molar-refractivity contribution < 1.29 is 24.5 Å². The molecule has 64 heavy (non-hydrogen) atoms. The summed E-state index contributed by atoms with van der Waals surface area (Å²) < 4.78 is 5.95. The number of carbonyl (C=O) groups excluding carboxylic acids is 2. The molecule has 0 heterocycles. The number of hydrogen-bond acceptors (Lipinski definition) is 5. The fourth-order valence-corrected chi connectivity index (χ4v) is 8.63. The Labute approximate surface area is 398 Å². The molecule has 0 aliphatic rings. The molecule has 0 fully saturated rings. The van der Waals surface area contributed by atoms with Crippen LogP contribution in [0.15, 0.2) is 36.5 Å². The van der Waals surface area contributed by atoms with Crippen molar-refractivity contribution in [2.45, 2.75) is 315 Å². The van der Waals surface area contributed by atoms with Gasteiger partial charge in [0.15, 0.2) is 0 Å². The number of carbonyl (C=O) groups is 2. The molecule has 0 saturated heterocycles. The van der Waals surface area contributed by atoms with Crippen LogP contribution in [0.3, 0.4) is 0 Å². The van der Waals surface area contributed by atoms with Crippen molar-refractivity contribution in [2.75, 3.05) is 6.61 Å². The van der Waals surface area contributed by atoms with Crippen LogP contribution in [-0.2, 0) is 14.3 Å². The van der Waals surface area contributed by atoms with Crippen molar-refractivity contribution in [1.82, 2.24) is 5.32 Å². The van der Waals surface area contributed by atoms with Crippen LogP contribution in [0.2, 0.25) is 0 Å². The molecule has 1 amide bonds. The average Bonchev–Trinajstić information content (AvgIpc) is 3.29. The van der Waals surface area contributed by atoms with E-state index in [9.17, 15) is 19.8 Å². The summed E-state index contributed by atoms with van der Waals surface area (Å²) in [6.45, 7) is 6.47. The largest absolute Gasteiger partial charge is 0.462 e. The molecule has 0 rings (SSSR count). The summed E-state index contributed by atoms with van der Waals surface area (Å²) in [5, 5.41) is 23.8. The third-order valence-electron chi connectivity index (χ3n) is 12.9. The highest BCUT2D eigenvalue weighted by atomic mass is 16.5. The first-order valence-corrected chi connectivity index (χ1v) is 28.2. The molecule has 0 aromatic carbocycles. The normalized spacial score (nSPS) is 13.4. The van der Waals surface area contributed by atoms with Crippen LogP contribution in [0.25, 0.3) is 0 Å². The Hall–Kier alpha value is -1.92. The van der Waals surface area contributed by atoms with Gasteiger partial charge in [-0.2, -0.15) is 0 Å². The predicted octanol–water partition coefficient (Wildman–Crippen LogP) is 17.2. The molecule has 3 N–H and O–H groups in total. The summed E-state index contributed by atoms with van der Waals surface area (Å²) in [6, 6.07) is -0.704. The maximum atomic E-state index is 13.2. The Morgan fingerprint density at radius 2 is 0.797 bits per heavy atom. The van der Waals surface area contributed by atoms with Crippen molar-refractivity contribution in [1.29, 1.82) is 0 Å². The quantitative estimate of drug-likeness (QED) is 0.0321. The van der Waals surface area contributed by atoms with Gasteiger partial charge in [-0.1, -0.05) is 237 Å². The minimum atomic E-state index is -0.790. The molecule has 0 radical (unpaired) electrons. The van der Waals surface area contributed by atoms with Gasteiger partial charge in [-0.25, -0.2) is 0 Å². The molecule has 6 nitrogen and oxygen atoms in total. The topological polar surface area (TPSA) is 95.9 Å². The fourth-order valence-electron chi connectivity index (χ4n) is 8.63. The van der Waals surface area contributed by atoms with Gasteiger partial charge in [0.1, 0.15) is 6.10 Å². The van der Waals surface area contributed by atoms with Crippen molar-refractivity contribution in [3.05, 3.63) is 36.5 Å². The Morgan fingerprint density at radius 3 is 1.23 bits per heavy atom. The lowest BCUT2D eigenvalue weighted by molar-refractivity contribution is -0.151. The molecule has 0 aliphatic heterocycles. The molecule has 0 aliphatic carbocycles. The first kappa shape index (κ1) is 62.1. The SMILES string of the molecule is CCCCC/C=C\C/C=C\CCCCCCCCCC(CC(=O)NC(CO)C(O)CCCCCCCCCCCCCC)OC(=O)CCCCCCC/C=C/CCCCCCCCC. The van der Waals surface area contributed by atoms with Crippen LogP contribution in [0.1, 0.15) is 297 Å². The zero-order valence-corrected chi connectivity index (χ0v) is 42.9. The second kappa shape index (κ2) is 52.1. The van der Waals surface area contributed by atoms with Crippen LogP contribution in [-0.4, -0.2) is 46.9 Å². The molecule has 6 heteroatoms. The van der Waals surface area contributed by atoms with E-state index in [1.165, 1.54) is 173 Å². The third kappa shape index (κ3) is 46.6. The summed E-state index contributed by atoms with van der Waals surface area (Å²) in [6.07, 6.45) is 62.0. The van der Waals surface area contributed by atoms with E-state index in [0.717, 1.165) is 77.0 Å². The van der Waals surface area contributed by atoms with Crippen LogP contribution in [0.5, 0.6) is 0 Å². The van der Waals surface area contributed by atoms with E-state index >= 15 is 0 Å². The first-order valence-electron chi connectivity index (χ1n) is 28.2. The lowest BCUT2D eigenvalue weighted by atomic mass is 10.0.